The number of fused-ring (bicyclic) bond motifs is 1. The third kappa shape index (κ3) is 2.99. The van der Waals surface area contributed by atoms with Gasteiger partial charge >= 0.3 is 0 Å². The van der Waals surface area contributed by atoms with Crippen LogP contribution in [0.4, 0.5) is 5.82 Å². The van der Waals surface area contributed by atoms with Crippen LogP contribution < -0.4 is 16.6 Å². The van der Waals surface area contributed by atoms with Crippen LogP contribution in [0.3, 0.4) is 0 Å². The van der Waals surface area contributed by atoms with E-state index in [0.717, 1.165) is 21.8 Å². The van der Waals surface area contributed by atoms with Gasteiger partial charge in [-0.25, -0.2) is 0 Å². The maximum Gasteiger partial charge on any atom is 0.262 e. The minimum atomic E-state index is -0.640. The van der Waals surface area contributed by atoms with E-state index in [2.05, 4.69) is 15.5 Å². The normalized spacial score (nSPS) is 12.7. The second-order valence-corrected chi connectivity index (χ2v) is 7.11. The fraction of sp³-hybridized carbons (Fsp3) is 0.0455. The molecule has 152 valence electrons. The maximum atomic E-state index is 12.7. The van der Waals surface area contributed by atoms with Gasteiger partial charge in [-0.3, -0.25) is 24.3 Å². The Bertz CT molecular complexity index is 1430. The Labute approximate surface area is 175 Å². The molecule has 0 unspecified atom stereocenters. The summed E-state index contributed by atoms with van der Waals surface area (Å²) >= 11 is 0. The third-order valence-corrected chi connectivity index (χ3v) is 5.04. The molecule has 0 bridgehead atoms. The average molecular weight is 413 g/mol. The molecule has 3 heterocycles. The van der Waals surface area contributed by atoms with Crippen LogP contribution in [0.5, 0.6) is 0 Å². The monoisotopic (exact) mass is 413 g/mol. The lowest BCUT2D eigenvalue weighted by molar-refractivity contribution is 0.0880. The number of carbonyl (C=O) groups excluding carboxylic acids is 2. The first-order valence-electron chi connectivity index (χ1n) is 9.35. The second-order valence-electron chi connectivity index (χ2n) is 7.11. The standard InChI is InChI=1S/C22H15N5O4/c1-11-5-7-12(8-6-11)19-24-22(31-26-19)13-3-2-4-14(9-13)27-16(28)10-15-17(18(27)23)21(30)25-20(15)29/h2-10H,23H2,1H3,(H,25,29,30). The van der Waals surface area contributed by atoms with Crippen LogP contribution in [0.1, 0.15) is 26.3 Å². The average Bonchev–Trinajstić information content (AvgIpc) is 3.34. The molecule has 0 saturated heterocycles. The van der Waals surface area contributed by atoms with Crippen molar-refractivity contribution in [2.75, 3.05) is 5.73 Å². The number of anilines is 1. The molecule has 0 fully saturated rings. The van der Waals surface area contributed by atoms with Gasteiger partial charge in [0, 0.05) is 17.2 Å². The fourth-order valence-electron chi connectivity index (χ4n) is 3.48. The van der Waals surface area contributed by atoms with Crippen LogP contribution in [0.15, 0.2) is 63.9 Å². The number of hydrogen-bond donors (Lipinski definition) is 2. The number of aryl methyl sites for hydroxylation is 1. The Hall–Kier alpha value is -4.53. The van der Waals surface area contributed by atoms with Gasteiger partial charge in [-0.15, -0.1) is 0 Å². The number of imide groups is 1. The summed E-state index contributed by atoms with van der Waals surface area (Å²) in [7, 11) is 0. The number of nitrogens with one attached hydrogen (secondary N) is 1. The van der Waals surface area contributed by atoms with Crippen molar-refractivity contribution in [3.8, 4) is 28.5 Å². The Morgan fingerprint density at radius 3 is 2.52 bits per heavy atom. The molecular weight excluding hydrogens is 398 g/mol. The highest BCUT2D eigenvalue weighted by Gasteiger charge is 2.31. The van der Waals surface area contributed by atoms with Gasteiger partial charge < -0.3 is 10.3 Å². The Balaban J connectivity index is 1.58. The molecule has 9 heteroatoms. The molecule has 1 aliphatic rings. The molecular formula is C22H15N5O4. The summed E-state index contributed by atoms with van der Waals surface area (Å²) in [5.41, 5.74) is 8.40. The summed E-state index contributed by atoms with van der Waals surface area (Å²) in [4.78, 5) is 41.0. The predicted molar refractivity (Wildman–Crippen MR) is 112 cm³/mol. The van der Waals surface area contributed by atoms with Gasteiger partial charge in [-0.1, -0.05) is 41.1 Å². The highest BCUT2D eigenvalue weighted by atomic mass is 16.5. The summed E-state index contributed by atoms with van der Waals surface area (Å²) in [6, 6.07) is 15.6. The molecule has 0 aliphatic carbocycles. The molecule has 2 aromatic carbocycles. The van der Waals surface area contributed by atoms with Crippen LogP contribution in [0.25, 0.3) is 28.5 Å². The van der Waals surface area contributed by atoms with Crippen molar-refractivity contribution >= 4 is 17.6 Å². The number of nitrogen functional groups attached to an aromatic ring is 1. The third-order valence-electron chi connectivity index (χ3n) is 5.04. The lowest BCUT2D eigenvalue weighted by Gasteiger charge is -2.12. The zero-order chi connectivity index (χ0) is 21.7. The van der Waals surface area contributed by atoms with Gasteiger partial charge in [0.05, 0.1) is 16.8 Å². The fourth-order valence-corrected chi connectivity index (χ4v) is 3.48. The van der Waals surface area contributed by atoms with Crippen molar-refractivity contribution in [1.82, 2.24) is 20.0 Å². The van der Waals surface area contributed by atoms with Crippen molar-refractivity contribution in [3.63, 3.8) is 0 Å². The molecule has 2 aromatic heterocycles. The molecule has 1 aliphatic heterocycles. The van der Waals surface area contributed by atoms with E-state index in [1.807, 2.05) is 31.2 Å². The Kier molecular flexibility index (Phi) is 4.04. The van der Waals surface area contributed by atoms with Gasteiger partial charge in [0.15, 0.2) is 0 Å². The lowest BCUT2D eigenvalue weighted by atomic mass is 10.1. The first kappa shape index (κ1) is 18.5. The number of nitrogens with zero attached hydrogens (tertiary/aromatic N) is 3. The number of rotatable bonds is 3. The number of carbonyl (C=O) groups is 2. The summed E-state index contributed by atoms with van der Waals surface area (Å²) in [5, 5.41) is 6.17. The van der Waals surface area contributed by atoms with Crippen LogP contribution in [-0.2, 0) is 0 Å². The molecule has 2 amide bonds. The quantitative estimate of drug-likeness (QED) is 0.492. The first-order valence-corrected chi connectivity index (χ1v) is 9.35. The number of pyridine rings is 1. The van der Waals surface area contributed by atoms with Crippen molar-refractivity contribution in [2.24, 2.45) is 0 Å². The zero-order valence-corrected chi connectivity index (χ0v) is 16.2. The van der Waals surface area contributed by atoms with E-state index < -0.39 is 17.4 Å². The topological polar surface area (TPSA) is 133 Å². The number of hydrogen-bond acceptors (Lipinski definition) is 7. The second kappa shape index (κ2) is 6.77. The van der Waals surface area contributed by atoms with E-state index >= 15 is 0 Å². The molecule has 3 N–H and O–H groups in total. The van der Waals surface area contributed by atoms with E-state index in [1.165, 1.54) is 0 Å². The molecule has 9 nitrogen and oxygen atoms in total. The Morgan fingerprint density at radius 2 is 1.74 bits per heavy atom. The van der Waals surface area contributed by atoms with Crippen LogP contribution in [0.2, 0.25) is 0 Å². The highest BCUT2D eigenvalue weighted by molar-refractivity contribution is 6.23. The maximum absolute atomic E-state index is 12.7. The highest BCUT2D eigenvalue weighted by Crippen LogP contribution is 2.27. The van der Waals surface area contributed by atoms with Crippen LogP contribution >= 0.6 is 0 Å². The number of nitrogens with two attached hydrogens (primary N) is 1. The number of benzene rings is 2. The van der Waals surface area contributed by atoms with Gasteiger partial charge in [-0.2, -0.15) is 4.98 Å². The van der Waals surface area contributed by atoms with Crippen molar-refractivity contribution < 1.29 is 14.1 Å². The predicted octanol–water partition coefficient (Wildman–Crippen LogP) is 2.33. The van der Waals surface area contributed by atoms with Crippen molar-refractivity contribution in [1.29, 1.82) is 0 Å². The first-order chi connectivity index (χ1) is 14.9. The molecule has 0 spiro atoms. The van der Waals surface area contributed by atoms with E-state index in [1.54, 1.807) is 24.3 Å². The van der Waals surface area contributed by atoms with Gasteiger partial charge in [-0.05, 0) is 25.1 Å². The largest absolute Gasteiger partial charge is 0.384 e. The minimum absolute atomic E-state index is 0.0190. The molecule has 4 aromatic rings. The molecule has 5 rings (SSSR count). The lowest BCUT2D eigenvalue weighted by Crippen LogP contribution is -2.24. The van der Waals surface area contributed by atoms with Crippen LogP contribution in [-0.4, -0.2) is 26.5 Å². The number of amides is 2. The van der Waals surface area contributed by atoms with E-state index in [0.29, 0.717) is 17.1 Å². The summed E-state index contributed by atoms with van der Waals surface area (Å²) in [6.07, 6.45) is 0. The van der Waals surface area contributed by atoms with Crippen molar-refractivity contribution in [3.05, 3.63) is 81.6 Å². The Morgan fingerprint density at radius 1 is 0.968 bits per heavy atom. The molecule has 0 radical (unpaired) electrons. The SMILES string of the molecule is Cc1ccc(-c2noc(-c3cccc(-n4c(N)c5c(cc4=O)C(=O)NC5=O)c3)n2)cc1. The van der Waals surface area contributed by atoms with E-state index in [4.69, 9.17) is 10.3 Å². The summed E-state index contributed by atoms with van der Waals surface area (Å²) in [5.74, 6) is -0.696. The zero-order valence-electron chi connectivity index (χ0n) is 16.2. The van der Waals surface area contributed by atoms with Crippen molar-refractivity contribution in [2.45, 2.75) is 6.92 Å². The number of aromatic nitrogens is 3. The summed E-state index contributed by atoms with van der Waals surface area (Å²) in [6.45, 7) is 1.99. The van der Waals surface area contributed by atoms with Gasteiger partial charge in [0.1, 0.15) is 5.82 Å². The van der Waals surface area contributed by atoms with Gasteiger partial charge in [0.2, 0.25) is 5.82 Å². The molecule has 31 heavy (non-hydrogen) atoms. The van der Waals surface area contributed by atoms with Gasteiger partial charge in [0.25, 0.3) is 23.3 Å². The van der Waals surface area contributed by atoms with Crippen LogP contribution in [0, 0.1) is 6.92 Å². The minimum Gasteiger partial charge on any atom is -0.384 e. The summed E-state index contributed by atoms with van der Waals surface area (Å²) < 4.78 is 6.57. The van der Waals surface area contributed by atoms with E-state index in [-0.39, 0.29) is 22.8 Å². The molecule has 0 saturated carbocycles. The smallest absolute Gasteiger partial charge is 0.262 e. The van der Waals surface area contributed by atoms with E-state index in [9.17, 15) is 14.4 Å². The molecule has 0 atom stereocenters.